The maximum absolute atomic E-state index is 12.3. The van der Waals surface area contributed by atoms with E-state index in [0.29, 0.717) is 18.4 Å². The van der Waals surface area contributed by atoms with E-state index in [9.17, 15) is 9.59 Å². The number of piperidine rings is 1. The summed E-state index contributed by atoms with van der Waals surface area (Å²) in [4.78, 5) is 26.2. The number of rotatable bonds is 5. The molecule has 132 valence electrons. The fourth-order valence-corrected chi connectivity index (χ4v) is 3.55. The number of nitrogens with one attached hydrogen (secondary N) is 2. The highest BCUT2D eigenvalue weighted by Crippen LogP contribution is 2.22. The predicted molar refractivity (Wildman–Crippen MR) is 92.2 cm³/mol. The van der Waals surface area contributed by atoms with Gasteiger partial charge in [-0.25, -0.2) is 4.79 Å². The summed E-state index contributed by atoms with van der Waals surface area (Å²) in [7, 11) is 0. The summed E-state index contributed by atoms with van der Waals surface area (Å²) in [5, 5.41) is 6.22. The van der Waals surface area contributed by atoms with Gasteiger partial charge in [0, 0.05) is 31.6 Å². The van der Waals surface area contributed by atoms with Crippen molar-refractivity contribution in [3.63, 3.8) is 0 Å². The molecule has 23 heavy (non-hydrogen) atoms. The number of amides is 3. The van der Waals surface area contributed by atoms with Crippen LogP contribution in [0.3, 0.4) is 0 Å². The minimum atomic E-state index is 0.0967. The average Bonchev–Trinajstić information content (AvgIpc) is 2.56. The SMILES string of the molecule is CC[C@H](C)NC(=O)CC1CCN(C(=O)NC2CCCCC2)CC1. The predicted octanol–water partition coefficient (Wildman–Crippen LogP) is 3.05. The van der Waals surface area contributed by atoms with E-state index in [4.69, 9.17) is 0 Å². The fourth-order valence-electron chi connectivity index (χ4n) is 3.55. The Kier molecular flexibility index (Phi) is 7.18. The van der Waals surface area contributed by atoms with Gasteiger partial charge < -0.3 is 15.5 Å². The first-order valence-corrected chi connectivity index (χ1v) is 9.43. The average molecular weight is 323 g/mol. The first kappa shape index (κ1) is 18.1. The lowest BCUT2D eigenvalue weighted by Gasteiger charge is -2.34. The summed E-state index contributed by atoms with van der Waals surface area (Å²) >= 11 is 0. The number of nitrogens with zero attached hydrogens (tertiary/aromatic N) is 1. The lowest BCUT2D eigenvalue weighted by molar-refractivity contribution is -0.122. The Hall–Kier alpha value is -1.26. The molecule has 1 aliphatic carbocycles. The first-order valence-electron chi connectivity index (χ1n) is 9.43. The maximum Gasteiger partial charge on any atom is 0.317 e. The molecule has 1 heterocycles. The van der Waals surface area contributed by atoms with Crippen LogP contribution < -0.4 is 10.6 Å². The number of carbonyl (C=O) groups is 2. The van der Waals surface area contributed by atoms with Crippen LogP contribution in [0.25, 0.3) is 0 Å². The van der Waals surface area contributed by atoms with Crippen LogP contribution in [-0.4, -0.2) is 42.0 Å². The molecule has 1 aliphatic heterocycles. The number of hydrogen-bond donors (Lipinski definition) is 2. The molecule has 0 bridgehead atoms. The normalized spacial score (nSPS) is 21.7. The standard InChI is InChI=1S/C18H33N3O2/c1-3-14(2)19-17(22)13-15-9-11-21(12-10-15)18(23)20-16-7-5-4-6-8-16/h14-16H,3-13H2,1-2H3,(H,19,22)(H,20,23)/t14-/m0/s1. The number of likely N-dealkylation sites (tertiary alicyclic amines) is 1. The molecule has 0 unspecified atom stereocenters. The Morgan fingerprint density at radius 1 is 1.09 bits per heavy atom. The third-order valence-corrected chi connectivity index (χ3v) is 5.33. The molecular weight excluding hydrogens is 290 g/mol. The zero-order chi connectivity index (χ0) is 16.7. The third kappa shape index (κ3) is 6.04. The number of hydrogen-bond acceptors (Lipinski definition) is 2. The van der Waals surface area contributed by atoms with Crippen LogP contribution >= 0.6 is 0 Å². The lowest BCUT2D eigenvalue weighted by Crippen LogP contribution is -2.48. The van der Waals surface area contributed by atoms with Crippen LogP contribution in [0.4, 0.5) is 4.79 Å². The maximum atomic E-state index is 12.3. The van der Waals surface area contributed by atoms with Crippen molar-refractivity contribution in [1.82, 2.24) is 15.5 Å². The molecule has 1 saturated heterocycles. The van der Waals surface area contributed by atoms with Crippen molar-refractivity contribution in [2.75, 3.05) is 13.1 Å². The molecule has 0 aromatic heterocycles. The molecule has 5 heteroatoms. The highest BCUT2D eigenvalue weighted by atomic mass is 16.2. The van der Waals surface area contributed by atoms with Gasteiger partial charge in [0.25, 0.3) is 0 Å². The Morgan fingerprint density at radius 3 is 2.35 bits per heavy atom. The fraction of sp³-hybridized carbons (Fsp3) is 0.889. The second-order valence-corrected chi connectivity index (χ2v) is 7.30. The zero-order valence-electron chi connectivity index (χ0n) is 14.8. The molecule has 0 radical (unpaired) electrons. The van der Waals surface area contributed by atoms with Crippen LogP contribution in [0.5, 0.6) is 0 Å². The summed E-state index contributed by atoms with van der Waals surface area (Å²) in [6, 6.07) is 0.721. The molecule has 0 aromatic rings. The first-order chi connectivity index (χ1) is 11.1. The van der Waals surface area contributed by atoms with E-state index in [1.807, 2.05) is 11.8 Å². The van der Waals surface area contributed by atoms with Crippen molar-refractivity contribution < 1.29 is 9.59 Å². The molecule has 2 N–H and O–H groups in total. The minimum Gasteiger partial charge on any atom is -0.354 e. The molecule has 1 saturated carbocycles. The Bertz CT molecular complexity index is 386. The van der Waals surface area contributed by atoms with Crippen LogP contribution in [0, 0.1) is 5.92 Å². The van der Waals surface area contributed by atoms with E-state index in [2.05, 4.69) is 17.6 Å². The van der Waals surface area contributed by atoms with Crippen molar-refractivity contribution >= 4 is 11.9 Å². The van der Waals surface area contributed by atoms with Gasteiger partial charge in [0.05, 0.1) is 0 Å². The largest absolute Gasteiger partial charge is 0.354 e. The Labute approximate surface area is 140 Å². The topological polar surface area (TPSA) is 61.4 Å². The summed E-state index contributed by atoms with van der Waals surface area (Å²) in [5.74, 6) is 0.572. The third-order valence-electron chi connectivity index (χ3n) is 5.33. The van der Waals surface area contributed by atoms with Gasteiger partial charge >= 0.3 is 6.03 Å². The van der Waals surface area contributed by atoms with Gasteiger partial charge in [-0.3, -0.25) is 4.79 Å². The quantitative estimate of drug-likeness (QED) is 0.817. The van der Waals surface area contributed by atoms with Gasteiger partial charge in [-0.15, -0.1) is 0 Å². The van der Waals surface area contributed by atoms with Crippen molar-refractivity contribution in [2.45, 2.75) is 83.7 Å². The molecule has 5 nitrogen and oxygen atoms in total. The van der Waals surface area contributed by atoms with Crippen LogP contribution in [-0.2, 0) is 4.79 Å². The molecule has 2 rings (SSSR count). The molecule has 2 fully saturated rings. The summed E-state index contributed by atoms with van der Waals surface area (Å²) in [5.41, 5.74) is 0. The molecule has 2 aliphatic rings. The second-order valence-electron chi connectivity index (χ2n) is 7.30. The number of carbonyl (C=O) groups excluding carboxylic acids is 2. The van der Waals surface area contributed by atoms with Gasteiger partial charge in [0.2, 0.25) is 5.91 Å². The van der Waals surface area contributed by atoms with Gasteiger partial charge in [0.15, 0.2) is 0 Å². The molecular formula is C18H33N3O2. The summed E-state index contributed by atoms with van der Waals surface area (Å²) < 4.78 is 0. The van der Waals surface area contributed by atoms with Gasteiger partial charge in [-0.2, -0.15) is 0 Å². The smallest absolute Gasteiger partial charge is 0.317 e. The van der Waals surface area contributed by atoms with E-state index in [1.54, 1.807) is 0 Å². The van der Waals surface area contributed by atoms with Gasteiger partial charge in [0.1, 0.15) is 0 Å². The van der Waals surface area contributed by atoms with E-state index < -0.39 is 0 Å². The molecule has 3 amide bonds. The van der Waals surface area contributed by atoms with Crippen LogP contribution in [0.1, 0.15) is 71.6 Å². The second kappa shape index (κ2) is 9.14. The van der Waals surface area contributed by atoms with E-state index in [-0.39, 0.29) is 18.0 Å². The van der Waals surface area contributed by atoms with Crippen molar-refractivity contribution in [3.05, 3.63) is 0 Å². The summed E-state index contributed by atoms with van der Waals surface area (Å²) in [6.45, 7) is 5.67. The van der Waals surface area contributed by atoms with Crippen LogP contribution in [0.15, 0.2) is 0 Å². The zero-order valence-corrected chi connectivity index (χ0v) is 14.8. The molecule has 1 atom stereocenters. The Morgan fingerprint density at radius 2 is 1.74 bits per heavy atom. The molecule has 0 spiro atoms. The highest BCUT2D eigenvalue weighted by Gasteiger charge is 2.26. The molecule has 0 aromatic carbocycles. The van der Waals surface area contributed by atoms with E-state index >= 15 is 0 Å². The highest BCUT2D eigenvalue weighted by molar-refractivity contribution is 5.77. The monoisotopic (exact) mass is 323 g/mol. The van der Waals surface area contributed by atoms with Crippen LogP contribution in [0.2, 0.25) is 0 Å². The lowest BCUT2D eigenvalue weighted by atomic mass is 9.93. The van der Waals surface area contributed by atoms with Gasteiger partial charge in [-0.1, -0.05) is 26.2 Å². The van der Waals surface area contributed by atoms with Crippen molar-refractivity contribution in [2.24, 2.45) is 5.92 Å². The van der Waals surface area contributed by atoms with E-state index in [1.165, 1.54) is 19.3 Å². The van der Waals surface area contributed by atoms with E-state index in [0.717, 1.165) is 45.2 Å². The Balaban J connectivity index is 1.66. The number of urea groups is 1. The minimum absolute atomic E-state index is 0.0967. The van der Waals surface area contributed by atoms with Gasteiger partial charge in [-0.05, 0) is 44.9 Å². The van der Waals surface area contributed by atoms with Crippen molar-refractivity contribution in [1.29, 1.82) is 0 Å². The van der Waals surface area contributed by atoms with Crippen molar-refractivity contribution in [3.8, 4) is 0 Å². The summed E-state index contributed by atoms with van der Waals surface area (Å²) in [6.07, 6.45) is 9.45.